The minimum atomic E-state index is 0. The molecule has 0 heterocycles. The van der Waals surface area contributed by atoms with E-state index in [1.54, 1.807) is 0 Å². The van der Waals surface area contributed by atoms with Crippen molar-refractivity contribution in [2.75, 3.05) is 0 Å². The standard InChI is InChI=1S/C38H25.Ho/c1-2-24-15-20-30-34(21-24)33(27-18-16-26(17-19-27)25-9-4-3-5-10-25)22-36-32-14-8-13-31-28-11-6-7-12-29(28)37(38(31)32)23-35(30)36;/h2-23H,1H3;/q-1;. The summed E-state index contributed by atoms with van der Waals surface area (Å²) < 4.78 is 0. The summed E-state index contributed by atoms with van der Waals surface area (Å²) in [5.41, 5.74) is 11.6. The van der Waals surface area contributed by atoms with Gasteiger partial charge >= 0.3 is 0 Å². The second kappa shape index (κ2) is 9.57. The first-order valence-corrected chi connectivity index (χ1v) is 13.3. The zero-order valence-electron chi connectivity index (χ0n) is 21.5. The van der Waals surface area contributed by atoms with Crippen molar-refractivity contribution < 1.29 is 37.7 Å². The molecule has 0 bridgehead atoms. The number of fused-ring (bicyclic) bond motifs is 7. The summed E-state index contributed by atoms with van der Waals surface area (Å²) in [6.45, 7) is 2.11. The van der Waals surface area contributed by atoms with Gasteiger partial charge in [-0.2, -0.15) is 24.1 Å². The predicted molar refractivity (Wildman–Crippen MR) is 163 cm³/mol. The van der Waals surface area contributed by atoms with E-state index in [2.05, 4.69) is 141 Å². The summed E-state index contributed by atoms with van der Waals surface area (Å²) in [4.78, 5) is 0. The Labute approximate surface area is 258 Å². The fourth-order valence-corrected chi connectivity index (χ4v) is 6.41. The monoisotopic (exact) mass is 646 g/mol. The zero-order valence-corrected chi connectivity index (χ0v) is 23.4. The second-order valence-electron chi connectivity index (χ2n) is 10.3. The van der Waals surface area contributed by atoms with Crippen molar-refractivity contribution in [2.45, 2.75) is 6.92 Å². The van der Waals surface area contributed by atoms with E-state index in [1.807, 2.05) is 0 Å². The Bertz CT molecular complexity index is 2030. The van der Waals surface area contributed by atoms with Gasteiger partial charge in [0.15, 0.2) is 0 Å². The first-order valence-electron chi connectivity index (χ1n) is 13.3. The van der Waals surface area contributed by atoms with Crippen LogP contribution < -0.4 is 0 Å². The van der Waals surface area contributed by atoms with Gasteiger partial charge in [0.1, 0.15) is 0 Å². The largest absolute Gasteiger partial charge is 0.192 e. The second-order valence-corrected chi connectivity index (χ2v) is 10.3. The van der Waals surface area contributed by atoms with E-state index < -0.39 is 0 Å². The molecule has 189 valence electrons. The van der Waals surface area contributed by atoms with E-state index in [4.69, 9.17) is 0 Å². The van der Waals surface area contributed by atoms with Gasteiger partial charge in [0.25, 0.3) is 0 Å². The van der Waals surface area contributed by atoms with Crippen LogP contribution in [0, 0.1) is 44.2 Å². The van der Waals surface area contributed by atoms with Crippen molar-refractivity contribution in [3.63, 3.8) is 0 Å². The quantitative estimate of drug-likeness (QED) is 0.102. The van der Waals surface area contributed by atoms with Gasteiger partial charge in [-0.1, -0.05) is 109 Å². The molecule has 0 spiro atoms. The molecular weight excluding hydrogens is 621 g/mol. The molecule has 0 fully saturated rings. The van der Waals surface area contributed by atoms with Crippen molar-refractivity contribution in [1.82, 2.24) is 0 Å². The maximum Gasteiger partial charge on any atom is 0 e. The Kier molecular flexibility index (Phi) is 6.01. The average molecular weight is 647 g/mol. The minimum absolute atomic E-state index is 0. The summed E-state index contributed by atoms with van der Waals surface area (Å²) in [6, 6.07) is 47.1. The molecule has 0 unspecified atom stereocenters. The van der Waals surface area contributed by atoms with Crippen LogP contribution in [0.3, 0.4) is 0 Å². The van der Waals surface area contributed by atoms with Crippen molar-refractivity contribution in [1.29, 1.82) is 0 Å². The topological polar surface area (TPSA) is 0 Å². The molecule has 7 aromatic rings. The van der Waals surface area contributed by atoms with Crippen LogP contribution in [0.4, 0.5) is 0 Å². The first-order chi connectivity index (χ1) is 18.8. The SMILES string of the molecule is C[CH-]c1ccc2c(c1)c(-c1ccc(-c3ccccc3)cc1)cc1c3cccc4c3c(cc21)-c1ccccc1-4.[Ho]. The van der Waals surface area contributed by atoms with Crippen LogP contribution in [0.25, 0.3) is 76.8 Å². The number of benzene rings is 7. The molecule has 0 nitrogen and oxygen atoms in total. The molecule has 0 atom stereocenters. The fourth-order valence-electron chi connectivity index (χ4n) is 6.41. The number of hydrogen-bond acceptors (Lipinski definition) is 0. The minimum Gasteiger partial charge on any atom is -0.192 e. The van der Waals surface area contributed by atoms with Gasteiger partial charge in [-0.05, 0) is 83.6 Å². The summed E-state index contributed by atoms with van der Waals surface area (Å²) in [7, 11) is 0. The molecule has 0 saturated carbocycles. The van der Waals surface area contributed by atoms with Crippen LogP contribution >= 0.6 is 0 Å². The van der Waals surface area contributed by atoms with Gasteiger partial charge in [0.2, 0.25) is 0 Å². The van der Waals surface area contributed by atoms with Crippen LogP contribution in [0.5, 0.6) is 0 Å². The van der Waals surface area contributed by atoms with Crippen molar-refractivity contribution in [2.24, 2.45) is 0 Å². The molecule has 0 aliphatic heterocycles. The molecule has 0 saturated heterocycles. The van der Waals surface area contributed by atoms with E-state index >= 15 is 0 Å². The van der Waals surface area contributed by atoms with E-state index in [-0.39, 0.29) is 37.7 Å². The van der Waals surface area contributed by atoms with Gasteiger partial charge in [0, 0.05) is 37.7 Å². The van der Waals surface area contributed by atoms with Gasteiger partial charge in [-0.15, -0.1) is 6.07 Å². The summed E-state index contributed by atoms with van der Waals surface area (Å²) in [5.74, 6) is 0. The van der Waals surface area contributed by atoms with E-state index in [1.165, 1.54) is 82.4 Å². The summed E-state index contributed by atoms with van der Waals surface area (Å²) in [5, 5.41) is 7.97. The molecule has 1 heteroatoms. The van der Waals surface area contributed by atoms with Crippen LogP contribution in [0.1, 0.15) is 12.5 Å². The molecule has 1 radical (unpaired) electrons. The Hall–Kier alpha value is -3.55. The third kappa shape index (κ3) is 3.74. The van der Waals surface area contributed by atoms with Crippen LogP contribution in [0.15, 0.2) is 127 Å². The third-order valence-corrected chi connectivity index (χ3v) is 8.26. The molecule has 39 heavy (non-hydrogen) atoms. The number of rotatable bonds is 3. The smallest absolute Gasteiger partial charge is 0 e. The predicted octanol–water partition coefficient (Wildman–Crippen LogP) is 10.7. The van der Waals surface area contributed by atoms with Crippen molar-refractivity contribution in [3.8, 4) is 44.5 Å². The van der Waals surface area contributed by atoms with Gasteiger partial charge < -0.3 is 0 Å². The average Bonchev–Trinajstić information content (AvgIpc) is 3.32. The van der Waals surface area contributed by atoms with Gasteiger partial charge in [-0.3, -0.25) is 0 Å². The Morgan fingerprint density at radius 2 is 1.00 bits per heavy atom. The maximum atomic E-state index is 2.44. The molecule has 0 amide bonds. The summed E-state index contributed by atoms with van der Waals surface area (Å²) in [6.07, 6.45) is 2.19. The molecule has 1 aliphatic rings. The molecule has 0 N–H and O–H groups in total. The molecule has 7 aromatic carbocycles. The van der Waals surface area contributed by atoms with E-state index in [9.17, 15) is 0 Å². The van der Waals surface area contributed by atoms with Crippen LogP contribution in [0.2, 0.25) is 0 Å². The van der Waals surface area contributed by atoms with E-state index in [0.717, 1.165) is 0 Å². The third-order valence-electron chi connectivity index (χ3n) is 8.26. The molecule has 8 rings (SSSR count). The van der Waals surface area contributed by atoms with Gasteiger partial charge in [-0.25, -0.2) is 0 Å². The maximum absolute atomic E-state index is 2.44. The molecular formula is C38H25Ho-. The Morgan fingerprint density at radius 1 is 0.385 bits per heavy atom. The normalized spacial score (nSPS) is 11.5. The molecule has 0 aromatic heterocycles. The fraction of sp³-hybridized carbons (Fsp3) is 0.0263. The Morgan fingerprint density at radius 3 is 1.77 bits per heavy atom. The first kappa shape index (κ1) is 24.5. The summed E-state index contributed by atoms with van der Waals surface area (Å²) >= 11 is 0. The Balaban J connectivity index is 0.00000253. The van der Waals surface area contributed by atoms with E-state index in [0.29, 0.717) is 0 Å². The van der Waals surface area contributed by atoms with Crippen molar-refractivity contribution >= 4 is 32.3 Å². The van der Waals surface area contributed by atoms with Crippen molar-refractivity contribution in [3.05, 3.63) is 139 Å². The van der Waals surface area contributed by atoms with Gasteiger partial charge in [0.05, 0.1) is 0 Å². The van der Waals surface area contributed by atoms with Crippen LogP contribution in [-0.4, -0.2) is 0 Å². The molecule has 1 aliphatic carbocycles. The van der Waals surface area contributed by atoms with Crippen LogP contribution in [-0.2, 0) is 0 Å². The number of hydrogen-bond donors (Lipinski definition) is 0. The zero-order chi connectivity index (χ0) is 25.2.